The van der Waals surface area contributed by atoms with Gasteiger partial charge in [-0.25, -0.2) is 4.79 Å². The molecule has 1 N–H and O–H groups in total. The molecule has 4 nitrogen and oxygen atoms in total. The number of thioether (sulfide) groups is 1. The Balaban J connectivity index is 2.11. The van der Waals surface area contributed by atoms with Crippen molar-refractivity contribution < 1.29 is 14.6 Å². The van der Waals surface area contributed by atoms with Gasteiger partial charge in [-0.15, -0.1) is 11.8 Å². The first kappa shape index (κ1) is 12.0. The summed E-state index contributed by atoms with van der Waals surface area (Å²) in [6.45, 7) is 2.16. The molecule has 5 heteroatoms. The van der Waals surface area contributed by atoms with Crippen LogP contribution in [0.3, 0.4) is 0 Å². The van der Waals surface area contributed by atoms with Crippen molar-refractivity contribution in [1.82, 2.24) is 0 Å². The standard InChI is InChI=1S/C12H13NO3S/c1-2-16-12(15)10-7-17-11(13-10)8-3-5-9(14)6-4-8/h3-6,10,14H,2,7H2,1H3. The zero-order valence-corrected chi connectivity index (χ0v) is 10.2. The topological polar surface area (TPSA) is 58.9 Å². The fraction of sp³-hybridized carbons (Fsp3) is 0.333. The summed E-state index contributed by atoms with van der Waals surface area (Å²) in [5.41, 5.74) is 0.916. The quantitative estimate of drug-likeness (QED) is 0.832. The van der Waals surface area contributed by atoms with Gasteiger partial charge in [-0.2, -0.15) is 0 Å². The highest BCUT2D eigenvalue weighted by Crippen LogP contribution is 2.25. The van der Waals surface area contributed by atoms with Crippen LogP contribution in [-0.4, -0.2) is 34.5 Å². The minimum atomic E-state index is -0.399. The third-order valence-electron chi connectivity index (χ3n) is 2.32. The average molecular weight is 251 g/mol. The summed E-state index contributed by atoms with van der Waals surface area (Å²) < 4.78 is 4.93. The molecule has 1 aliphatic heterocycles. The van der Waals surface area contributed by atoms with E-state index in [4.69, 9.17) is 4.74 Å². The average Bonchev–Trinajstić information content (AvgIpc) is 2.80. The van der Waals surface area contributed by atoms with E-state index in [1.54, 1.807) is 31.2 Å². The summed E-state index contributed by atoms with van der Waals surface area (Å²) in [6.07, 6.45) is 0. The van der Waals surface area contributed by atoms with Crippen LogP contribution in [0.4, 0.5) is 0 Å². The molecule has 17 heavy (non-hydrogen) atoms. The fourth-order valence-electron chi connectivity index (χ4n) is 1.50. The molecule has 0 fully saturated rings. The summed E-state index contributed by atoms with van der Waals surface area (Å²) in [7, 11) is 0. The first-order chi connectivity index (χ1) is 8.20. The predicted molar refractivity (Wildman–Crippen MR) is 67.5 cm³/mol. The summed E-state index contributed by atoms with van der Waals surface area (Å²) in [4.78, 5) is 15.8. The van der Waals surface area contributed by atoms with Gasteiger partial charge in [0.1, 0.15) is 5.75 Å². The van der Waals surface area contributed by atoms with Gasteiger partial charge in [-0.1, -0.05) is 0 Å². The van der Waals surface area contributed by atoms with Crippen LogP contribution in [0.5, 0.6) is 5.75 Å². The number of aliphatic imine (C=N–C) groups is 1. The largest absolute Gasteiger partial charge is 0.508 e. The number of phenolic OH excluding ortho intramolecular Hbond substituents is 1. The molecule has 0 radical (unpaired) electrons. The van der Waals surface area contributed by atoms with Gasteiger partial charge in [0.25, 0.3) is 0 Å². The predicted octanol–water partition coefficient (Wildman–Crippen LogP) is 1.82. The van der Waals surface area contributed by atoms with Crippen LogP contribution >= 0.6 is 11.8 Å². The second-order valence-corrected chi connectivity index (χ2v) is 4.57. The van der Waals surface area contributed by atoms with Crippen molar-refractivity contribution in [3.63, 3.8) is 0 Å². The van der Waals surface area contributed by atoms with E-state index in [9.17, 15) is 9.90 Å². The number of phenols is 1. The number of benzene rings is 1. The van der Waals surface area contributed by atoms with Crippen LogP contribution in [0.15, 0.2) is 29.3 Å². The Morgan fingerprint density at radius 1 is 1.53 bits per heavy atom. The van der Waals surface area contributed by atoms with Crippen molar-refractivity contribution >= 4 is 22.8 Å². The Hall–Kier alpha value is -1.49. The molecule has 0 amide bonds. The van der Waals surface area contributed by atoms with Crippen LogP contribution in [-0.2, 0) is 9.53 Å². The van der Waals surface area contributed by atoms with Crippen LogP contribution in [0.1, 0.15) is 12.5 Å². The van der Waals surface area contributed by atoms with Crippen molar-refractivity contribution in [3.8, 4) is 5.75 Å². The Labute approximate surface area is 104 Å². The van der Waals surface area contributed by atoms with Gasteiger partial charge in [-0.05, 0) is 31.2 Å². The van der Waals surface area contributed by atoms with Crippen molar-refractivity contribution in [2.45, 2.75) is 13.0 Å². The molecule has 0 aromatic heterocycles. The maximum atomic E-state index is 11.5. The molecule has 1 heterocycles. The number of ether oxygens (including phenoxy) is 1. The molecule has 0 bridgehead atoms. The molecule has 0 spiro atoms. The van der Waals surface area contributed by atoms with E-state index in [0.29, 0.717) is 12.4 Å². The van der Waals surface area contributed by atoms with Crippen LogP contribution < -0.4 is 0 Å². The molecule has 1 aromatic rings. The summed E-state index contributed by atoms with van der Waals surface area (Å²) >= 11 is 1.53. The van der Waals surface area contributed by atoms with E-state index in [1.165, 1.54) is 11.8 Å². The molecule has 1 atom stereocenters. The highest BCUT2D eigenvalue weighted by Gasteiger charge is 2.26. The first-order valence-electron chi connectivity index (χ1n) is 5.37. The number of hydrogen-bond acceptors (Lipinski definition) is 5. The Morgan fingerprint density at radius 2 is 2.24 bits per heavy atom. The normalized spacial score (nSPS) is 18.9. The third-order valence-corrected chi connectivity index (χ3v) is 3.42. The lowest BCUT2D eigenvalue weighted by Crippen LogP contribution is -2.21. The zero-order valence-electron chi connectivity index (χ0n) is 9.42. The van der Waals surface area contributed by atoms with Crippen LogP contribution in [0.25, 0.3) is 0 Å². The number of rotatable bonds is 3. The van der Waals surface area contributed by atoms with Gasteiger partial charge in [0.2, 0.25) is 0 Å². The van der Waals surface area contributed by atoms with Gasteiger partial charge in [0.15, 0.2) is 6.04 Å². The third kappa shape index (κ3) is 2.79. The minimum absolute atomic E-state index is 0.222. The summed E-state index contributed by atoms with van der Waals surface area (Å²) in [5.74, 6) is 0.572. The maximum absolute atomic E-state index is 11.5. The van der Waals surface area contributed by atoms with Gasteiger partial charge in [-0.3, -0.25) is 4.99 Å². The molecule has 90 valence electrons. The van der Waals surface area contributed by atoms with Crippen LogP contribution in [0.2, 0.25) is 0 Å². The molecule has 0 aliphatic carbocycles. The number of hydrogen-bond donors (Lipinski definition) is 1. The van der Waals surface area contributed by atoms with Crippen molar-refractivity contribution in [1.29, 1.82) is 0 Å². The molecule has 2 rings (SSSR count). The smallest absolute Gasteiger partial charge is 0.331 e. The van der Waals surface area contributed by atoms with Gasteiger partial charge >= 0.3 is 5.97 Å². The highest BCUT2D eigenvalue weighted by atomic mass is 32.2. The molecule has 1 aromatic carbocycles. The lowest BCUT2D eigenvalue weighted by atomic mass is 10.2. The number of nitrogens with zero attached hydrogens (tertiary/aromatic N) is 1. The van der Waals surface area contributed by atoms with Crippen molar-refractivity contribution in [2.75, 3.05) is 12.4 Å². The van der Waals surface area contributed by atoms with E-state index < -0.39 is 6.04 Å². The van der Waals surface area contributed by atoms with Gasteiger partial charge in [0.05, 0.1) is 11.7 Å². The number of esters is 1. The lowest BCUT2D eigenvalue weighted by molar-refractivity contribution is -0.143. The minimum Gasteiger partial charge on any atom is -0.508 e. The molecular weight excluding hydrogens is 238 g/mol. The summed E-state index contributed by atoms with van der Waals surface area (Å²) in [5, 5.41) is 10.0. The van der Waals surface area contributed by atoms with E-state index in [2.05, 4.69) is 4.99 Å². The Kier molecular flexibility index (Phi) is 3.68. The number of aromatic hydroxyl groups is 1. The monoisotopic (exact) mass is 251 g/mol. The van der Waals surface area contributed by atoms with Gasteiger partial charge in [0, 0.05) is 11.3 Å². The fourth-order valence-corrected chi connectivity index (χ4v) is 2.53. The zero-order chi connectivity index (χ0) is 12.3. The van der Waals surface area contributed by atoms with E-state index in [0.717, 1.165) is 10.6 Å². The summed E-state index contributed by atoms with van der Waals surface area (Å²) in [6, 6.07) is 6.39. The molecule has 0 saturated heterocycles. The SMILES string of the molecule is CCOC(=O)C1CSC(c2ccc(O)cc2)=N1. The van der Waals surface area contributed by atoms with Crippen LogP contribution in [0, 0.1) is 0 Å². The highest BCUT2D eigenvalue weighted by molar-refractivity contribution is 8.14. The number of carbonyl (C=O) groups is 1. The second kappa shape index (κ2) is 5.23. The molecule has 1 unspecified atom stereocenters. The number of carbonyl (C=O) groups excluding carboxylic acids is 1. The van der Waals surface area contributed by atoms with Crippen molar-refractivity contribution in [3.05, 3.63) is 29.8 Å². The van der Waals surface area contributed by atoms with Gasteiger partial charge < -0.3 is 9.84 Å². The van der Waals surface area contributed by atoms with Crippen molar-refractivity contribution in [2.24, 2.45) is 4.99 Å². The molecule has 0 saturated carbocycles. The Morgan fingerprint density at radius 3 is 2.88 bits per heavy atom. The first-order valence-corrected chi connectivity index (χ1v) is 6.36. The molecular formula is C12H13NO3S. The molecule has 1 aliphatic rings. The maximum Gasteiger partial charge on any atom is 0.331 e. The Bertz CT molecular complexity index is 442. The lowest BCUT2D eigenvalue weighted by Gasteiger charge is -2.03. The second-order valence-electron chi connectivity index (χ2n) is 3.56. The van der Waals surface area contributed by atoms with E-state index in [1.807, 2.05) is 0 Å². The van der Waals surface area contributed by atoms with E-state index in [-0.39, 0.29) is 11.7 Å². The van der Waals surface area contributed by atoms with E-state index >= 15 is 0 Å².